The molecule has 1 N–H and O–H groups in total. The Morgan fingerprint density at radius 2 is 2.04 bits per heavy atom. The van der Waals surface area contributed by atoms with Gasteiger partial charge < -0.3 is 5.32 Å². The summed E-state index contributed by atoms with van der Waals surface area (Å²) >= 11 is 0. The second-order valence-electron chi connectivity index (χ2n) is 5.51. The van der Waals surface area contributed by atoms with Gasteiger partial charge in [-0.25, -0.2) is 9.97 Å². The topological polar surface area (TPSA) is 60.0 Å². The highest BCUT2D eigenvalue weighted by molar-refractivity contribution is 5.73. The van der Waals surface area contributed by atoms with Crippen LogP contribution in [-0.2, 0) is 7.05 Å². The first-order valence-electron chi connectivity index (χ1n) is 7.35. The number of benzene rings is 1. The Morgan fingerprint density at radius 1 is 1.13 bits per heavy atom. The number of aromatic nitrogens is 5. The molecule has 23 heavy (non-hydrogen) atoms. The highest BCUT2D eigenvalue weighted by Gasteiger charge is 2.11. The number of rotatable bonds is 3. The van der Waals surface area contributed by atoms with Crippen molar-refractivity contribution in [3.8, 4) is 11.3 Å². The molecule has 0 aliphatic carbocycles. The second-order valence-corrected chi connectivity index (χ2v) is 5.51. The van der Waals surface area contributed by atoms with Crippen LogP contribution in [0.2, 0.25) is 0 Å². The number of aryl methyl sites for hydroxylation is 2. The van der Waals surface area contributed by atoms with Gasteiger partial charge in [-0.1, -0.05) is 12.1 Å². The van der Waals surface area contributed by atoms with E-state index in [1.54, 1.807) is 10.9 Å². The fourth-order valence-corrected chi connectivity index (χ4v) is 2.63. The van der Waals surface area contributed by atoms with Crippen LogP contribution in [0.5, 0.6) is 0 Å². The Hall–Kier alpha value is -3.15. The number of hydrogen-bond acceptors (Lipinski definition) is 4. The lowest BCUT2D eigenvalue weighted by Crippen LogP contribution is -1.98. The number of fused-ring (bicyclic) bond motifs is 1. The summed E-state index contributed by atoms with van der Waals surface area (Å²) in [6.07, 6.45) is 9.32. The van der Waals surface area contributed by atoms with Crippen LogP contribution >= 0.6 is 0 Å². The van der Waals surface area contributed by atoms with Gasteiger partial charge >= 0.3 is 0 Å². The molecule has 4 aromatic rings. The predicted molar refractivity (Wildman–Crippen MR) is 89.7 cm³/mol. The van der Waals surface area contributed by atoms with Crippen LogP contribution in [0.15, 0.2) is 55.2 Å². The third-order valence-electron chi connectivity index (χ3n) is 3.71. The van der Waals surface area contributed by atoms with E-state index in [2.05, 4.69) is 39.4 Å². The number of hydrogen-bond donors (Lipinski definition) is 1. The van der Waals surface area contributed by atoms with Crippen LogP contribution in [0.25, 0.3) is 16.9 Å². The Morgan fingerprint density at radius 3 is 2.83 bits per heavy atom. The van der Waals surface area contributed by atoms with E-state index >= 15 is 0 Å². The van der Waals surface area contributed by atoms with Crippen molar-refractivity contribution in [3.63, 3.8) is 0 Å². The maximum absolute atomic E-state index is 4.52. The van der Waals surface area contributed by atoms with Gasteiger partial charge in [0.15, 0.2) is 11.5 Å². The minimum atomic E-state index is 0.730. The van der Waals surface area contributed by atoms with Gasteiger partial charge in [-0.05, 0) is 24.6 Å². The van der Waals surface area contributed by atoms with Crippen LogP contribution in [0.4, 0.5) is 11.5 Å². The molecule has 6 nitrogen and oxygen atoms in total. The molecule has 3 heterocycles. The molecule has 0 saturated carbocycles. The molecule has 114 valence electrons. The van der Waals surface area contributed by atoms with Crippen molar-refractivity contribution in [1.82, 2.24) is 24.1 Å². The summed E-state index contributed by atoms with van der Waals surface area (Å²) in [6, 6.07) is 8.18. The van der Waals surface area contributed by atoms with E-state index < -0.39 is 0 Å². The first kappa shape index (κ1) is 13.5. The second kappa shape index (κ2) is 5.24. The van der Waals surface area contributed by atoms with E-state index in [1.165, 1.54) is 5.56 Å². The van der Waals surface area contributed by atoms with Crippen molar-refractivity contribution in [2.75, 3.05) is 5.32 Å². The van der Waals surface area contributed by atoms with Crippen molar-refractivity contribution in [3.05, 3.63) is 60.8 Å². The number of nitrogens with zero attached hydrogens (tertiary/aromatic N) is 5. The first-order chi connectivity index (χ1) is 11.2. The Labute approximate surface area is 133 Å². The van der Waals surface area contributed by atoms with Gasteiger partial charge in [-0.2, -0.15) is 5.10 Å². The van der Waals surface area contributed by atoms with Crippen molar-refractivity contribution in [2.24, 2.45) is 7.05 Å². The van der Waals surface area contributed by atoms with Crippen LogP contribution in [0.1, 0.15) is 5.56 Å². The van der Waals surface area contributed by atoms with E-state index in [9.17, 15) is 0 Å². The quantitative estimate of drug-likeness (QED) is 0.631. The van der Waals surface area contributed by atoms with E-state index in [0.717, 1.165) is 28.4 Å². The molecule has 3 aromatic heterocycles. The van der Waals surface area contributed by atoms with Gasteiger partial charge in [-0.15, -0.1) is 0 Å². The summed E-state index contributed by atoms with van der Waals surface area (Å²) < 4.78 is 3.80. The first-order valence-corrected chi connectivity index (χ1v) is 7.35. The van der Waals surface area contributed by atoms with Crippen LogP contribution in [-0.4, -0.2) is 24.1 Å². The van der Waals surface area contributed by atoms with Crippen LogP contribution in [0, 0.1) is 6.92 Å². The highest BCUT2D eigenvalue weighted by atomic mass is 15.2. The third-order valence-corrected chi connectivity index (χ3v) is 3.71. The zero-order chi connectivity index (χ0) is 15.8. The Balaban J connectivity index is 1.78. The van der Waals surface area contributed by atoms with Gasteiger partial charge in [0.05, 0.1) is 18.1 Å². The van der Waals surface area contributed by atoms with E-state index in [0.29, 0.717) is 0 Å². The lowest BCUT2D eigenvalue weighted by molar-refractivity contribution is 0.768. The van der Waals surface area contributed by atoms with Gasteiger partial charge in [-0.3, -0.25) is 9.08 Å². The average molecular weight is 304 g/mol. The summed E-state index contributed by atoms with van der Waals surface area (Å²) in [5, 5.41) is 7.57. The fraction of sp³-hybridized carbons (Fsp3) is 0.118. The largest absolute Gasteiger partial charge is 0.337 e. The van der Waals surface area contributed by atoms with Gasteiger partial charge in [0.2, 0.25) is 0 Å². The Kier molecular flexibility index (Phi) is 3.08. The fourth-order valence-electron chi connectivity index (χ4n) is 2.63. The minimum Gasteiger partial charge on any atom is -0.337 e. The molecule has 0 aliphatic rings. The van der Waals surface area contributed by atoms with E-state index in [1.807, 2.05) is 48.4 Å². The molecule has 0 unspecified atom stereocenters. The lowest BCUT2D eigenvalue weighted by atomic mass is 10.2. The standard InChI is InChI=1S/C17H16N6/c1-12-4-3-5-14(8-12)21-16-17-19-10-15(23(17)7-6-18-16)13-9-20-22(2)11-13/h3-11H,1-2H3,(H,18,21). The van der Waals surface area contributed by atoms with Gasteiger partial charge in [0.25, 0.3) is 0 Å². The smallest absolute Gasteiger partial charge is 0.180 e. The molecular formula is C17H16N6. The monoisotopic (exact) mass is 304 g/mol. The molecule has 0 saturated heterocycles. The molecular weight excluding hydrogens is 288 g/mol. The molecule has 0 aliphatic heterocycles. The molecule has 0 radical (unpaired) electrons. The number of imidazole rings is 1. The number of anilines is 2. The van der Waals surface area contributed by atoms with E-state index in [-0.39, 0.29) is 0 Å². The molecule has 0 fully saturated rings. The summed E-state index contributed by atoms with van der Waals surface area (Å²) in [6.45, 7) is 2.06. The van der Waals surface area contributed by atoms with Crippen molar-refractivity contribution >= 4 is 17.2 Å². The summed E-state index contributed by atoms with van der Waals surface area (Å²) in [5.41, 5.74) is 4.99. The van der Waals surface area contributed by atoms with E-state index in [4.69, 9.17) is 0 Å². The SMILES string of the molecule is Cc1cccc(Nc2nccn3c(-c4cnn(C)c4)cnc23)c1. The molecule has 6 heteroatoms. The van der Waals surface area contributed by atoms with Crippen molar-refractivity contribution in [2.45, 2.75) is 6.92 Å². The molecule has 0 bridgehead atoms. The number of nitrogens with one attached hydrogen (secondary N) is 1. The molecule has 0 atom stereocenters. The minimum absolute atomic E-state index is 0.730. The molecule has 4 rings (SSSR count). The zero-order valence-electron chi connectivity index (χ0n) is 12.9. The van der Waals surface area contributed by atoms with Crippen molar-refractivity contribution in [1.29, 1.82) is 0 Å². The normalized spacial score (nSPS) is 11.0. The van der Waals surface area contributed by atoms with Crippen LogP contribution < -0.4 is 5.32 Å². The molecule has 0 amide bonds. The summed E-state index contributed by atoms with van der Waals surface area (Å²) in [7, 11) is 1.90. The van der Waals surface area contributed by atoms with Gasteiger partial charge in [0, 0.05) is 36.9 Å². The van der Waals surface area contributed by atoms with Crippen molar-refractivity contribution < 1.29 is 0 Å². The molecule has 0 spiro atoms. The third kappa shape index (κ3) is 2.44. The van der Waals surface area contributed by atoms with Gasteiger partial charge in [0.1, 0.15) is 0 Å². The lowest BCUT2D eigenvalue weighted by Gasteiger charge is -2.08. The molecule has 1 aromatic carbocycles. The van der Waals surface area contributed by atoms with Crippen LogP contribution in [0.3, 0.4) is 0 Å². The summed E-state index contributed by atoms with van der Waals surface area (Å²) in [5.74, 6) is 0.730. The maximum atomic E-state index is 4.52. The highest BCUT2D eigenvalue weighted by Crippen LogP contribution is 2.24. The predicted octanol–water partition coefficient (Wildman–Crippen LogP) is 3.18. The zero-order valence-corrected chi connectivity index (χ0v) is 12.9. The average Bonchev–Trinajstić information content (AvgIpc) is 3.14. The summed E-state index contributed by atoms with van der Waals surface area (Å²) in [4.78, 5) is 8.95. The Bertz CT molecular complexity index is 982. The maximum Gasteiger partial charge on any atom is 0.180 e.